The SMILES string of the molecule is Cc1onc(-c2c(F)cccc2Cl)c1C(=O)NCCc1ccc(-n2cccn2)cc1. The van der Waals surface area contributed by atoms with Gasteiger partial charge in [-0.05, 0) is 49.2 Å². The molecule has 2 aromatic heterocycles. The van der Waals surface area contributed by atoms with E-state index in [9.17, 15) is 9.18 Å². The summed E-state index contributed by atoms with van der Waals surface area (Å²) in [6.07, 6.45) is 4.22. The van der Waals surface area contributed by atoms with Crippen LogP contribution in [0.4, 0.5) is 4.39 Å². The lowest BCUT2D eigenvalue weighted by atomic mass is 10.0. The highest BCUT2D eigenvalue weighted by Gasteiger charge is 2.25. The van der Waals surface area contributed by atoms with Gasteiger partial charge in [0, 0.05) is 18.9 Å². The number of nitrogens with one attached hydrogen (secondary N) is 1. The Balaban J connectivity index is 1.45. The third-order valence-electron chi connectivity index (χ3n) is 4.69. The Morgan fingerprint density at radius 3 is 2.70 bits per heavy atom. The van der Waals surface area contributed by atoms with Crippen molar-refractivity contribution < 1.29 is 13.7 Å². The minimum atomic E-state index is -0.567. The second-order valence-electron chi connectivity index (χ2n) is 6.68. The van der Waals surface area contributed by atoms with Crippen LogP contribution >= 0.6 is 11.6 Å². The van der Waals surface area contributed by atoms with Crippen molar-refractivity contribution in [2.75, 3.05) is 6.54 Å². The van der Waals surface area contributed by atoms with E-state index in [1.807, 2.05) is 36.5 Å². The summed E-state index contributed by atoms with van der Waals surface area (Å²) in [6, 6.07) is 14.1. The third kappa shape index (κ3) is 3.97. The van der Waals surface area contributed by atoms with Gasteiger partial charge in [0.25, 0.3) is 5.91 Å². The average molecular weight is 425 g/mol. The molecule has 30 heavy (non-hydrogen) atoms. The van der Waals surface area contributed by atoms with Gasteiger partial charge in [-0.3, -0.25) is 4.79 Å². The molecule has 4 aromatic rings. The number of carbonyl (C=O) groups is 1. The fraction of sp³-hybridized carbons (Fsp3) is 0.136. The first-order chi connectivity index (χ1) is 14.5. The standard InChI is InChI=1S/C22H18ClFN4O2/c1-14-19(21(27-30-14)20-17(23)4-2-5-18(20)24)22(29)25-12-10-15-6-8-16(9-7-15)28-13-3-11-26-28/h2-9,11,13H,10,12H2,1H3,(H,25,29). The zero-order valence-corrected chi connectivity index (χ0v) is 16.9. The molecule has 6 nitrogen and oxygen atoms in total. The predicted molar refractivity (Wildman–Crippen MR) is 111 cm³/mol. The zero-order valence-electron chi connectivity index (χ0n) is 16.1. The molecule has 0 saturated carbocycles. The second kappa shape index (κ2) is 8.51. The van der Waals surface area contributed by atoms with Gasteiger partial charge in [-0.25, -0.2) is 9.07 Å². The zero-order chi connectivity index (χ0) is 21.1. The second-order valence-corrected chi connectivity index (χ2v) is 7.09. The maximum absolute atomic E-state index is 14.3. The first kappa shape index (κ1) is 19.8. The molecule has 4 rings (SSSR count). The van der Waals surface area contributed by atoms with Crippen molar-refractivity contribution in [3.8, 4) is 16.9 Å². The van der Waals surface area contributed by atoms with Gasteiger partial charge in [0.1, 0.15) is 22.8 Å². The number of amides is 1. The molecule has 0 atom stereocenters. The van der Waals surface area contributed by atoms with Gasteiger partial charge in [0.2, 0.25) is 0 Å². The van der Waals surface area contributed by atoms with E-state index in [0.29, 0.717) is 18.7 Å². The van der Waals surface area contributed by atoms with Crippen molar-refractivity contribution in [1.82, 2.24) is 20.3 Å². The summed E-state index contributed by atoms with van der Waals surface area (Å²) in [5.74, 6) is -0.663. The van der Waals surface area contributed by atoms with E-state index in [-0.39, 0.29) is 21.8 Å². The van der Waals surface area contributed by atoms with Gasteiger partial charge in [-0.15, -0.1) is 0 Å². The Labute approximate surface area is 177 Å². The van der Waals surface area contributed by atoms with Crippen LogP contribution in [0.5, 0.6) is 0 Å². The van der Waals surface area contributed by atoms with Gasteiger partial charge >= 0.3 is 0 Å². The smallest absolute Gasteiger partial charge is 0.257 e. The van der Waals surface area contributed by atoms with Gasteiger partial charge in [0.15, 0.2) is 0 Å². The largest absolute Gasteiger partial charge is 0.360 e. The molecule has 0 fully saturated rings. The van der Waals surface area contributed by atoms with E-state index in [0.717, 1.165) is 11.3 Å². The lowest BCUT2D eigenvalue weighted by Gasteiger charge is -2.08. The summed E-state index contributed by atoms with van der Waals surface area (Å²) in [5.41, 5.74) is 2.34. The molecule has 2 aromatic carbocycles. The number of benzene rings is 2. The van der Waals surface area contributed by atoms with E-state index in [1.54, 1.807) is 23.9 Å². The summed E-state index contributed by atoms with van der Waals surface area (Å²) in [5, 5.41) is 11.1. The highest BCUT2D eigenvalue weighted by molar-refractivity contribution is 6.33. The normalized spacial score (nSPS) is 10.9. The summed E-state index contributed by atoms with van der Waals surface area (Å²) in [7, 11) is 0. The molecule has 0 bridgehead atoms. The van der Waals surface area contributed by atoms with E-state index in [2.05, 4.69) is 15.6 Å². The van der Waals surface area contributed by atoms with E-state index in [1.165, 1.54) is 12.1 Å². The maximum Gasteiger partial charge on any atom is 0.257 e. The lowest BCUT2D eigenvalue weighted by molar-refractivity contribution is 0.0953. The van der Waals surface area contributed by atoms with Crippen LogP contribution in [0.15, 0.2) is 65.4 Å². The van der Waals surface area contributed by atoms with Crippen LogP contribution in [0.1, 0.15) is 21.7 Å². The van der Waals surface area contributed by atoms with Crippen molar-refractivity contribution in [1.29, 1.82) is 0 Å². The Bertz CT molecular complexity index is 1150. The summed E-state index contributed by atoms with van der Waals surface area (Å²) >= 11 is 6.12. The third-order valence-corrected chi connectivity index (χ3v) is 5.01. The molecule has 0 unspecified atom stereocenters. The first-order valence-corrected chi connectivity index (χ1v) is 9.70. The van der Waals surface area contributed by atoms with Gasteiger partial charge in [0.05, 0.1) is 16.3 Å². The highest BCUT2D eigenvalue weighted by Crippen LogP contribution is 2.33. The van der Waals surface area contributed by atoms with Crippen LogP contribution in [-0.4, -0.2) is 27.4 Å². The maximum atomic E-state index is 14.3. The number of aryl methyl sites for hydroxylation is 1. The van der Waals surface area contributed by atoms with E-state index >= 15 is 0 Å². The van der Waals surface area contributed by atoms with Crippen molar-refractivity contribution in [2.45, 2.75) is 13.3 Å². The first-order valence-electron chi connectivity index (χ1n) is 9.32. The van der Waals surface area contributed by atoms with Crippen LogP contribution in [0.3, 0.4) is 0 Å². The van der Waals surface area contributed by atoms with Crippen molar-refractivity contribution in [3.05, 3.63) is 88.7 Å². The predicted octanol–water partition coefficient (Wildman–Crippen LogP) is 4.60. The molecule has 0 aliphatic heterocycles. The molecule has 0 radical (unpaired) electrons. The average Bonchev–Trinajstić information content (AvgIpc) is 3.39. The fourth-order valence-corrected chi connectivity index (χ4v) is 3.43. The Hall–Kier alpha value is -3.45. The van der Waals surface area contributed by atoms with Gasteiger partial charge in [-0.2, -0.15) is 5.10 Å². The molecule has 8 heteroatoms. The monoisotopic (exact) mass is 424 g/mol. The molecule has 0 spiro atoms. The van der Waals surface area contributed by atoms with E-state index < -0.39 is 11.7 Å². The Kier molecular flexibility index (Phi) is 5.63. The fourth-order valence-electron chi connectivity index (χ4n) is 3.18. The van der Waals surface area contributed by atoms with E-state index in [4.69, 9.17) is 16.1 Å². The molecule has 2 heterocycles. The van der Waals surface area contributed by atoms with Crippen molar-refractivity contribution >= 4 is 17.5 Å². The topological polar surface area (TPSA) is 73.0 Å². The van der Waals surface area contributed by atoms with Crippen LogP contribution in [0.2, 0.25) is 5.02 Å². The van der Waals surface area contributed by atoms with Crippen LogP contribution in [0, 0.1) is 12.7 Å². The molecular weight excluding hydrogens is 407 g/mol. The summed E-state index contributed by atoms with van der Waals surface area (Å²) in [6.45, 7) is 2.00. The van der Waals surface area contributed by atoms with Gasteiger partial charge < -0.3 is 9.84 Å². The Morgan fingerprint density at radius 1 is 1.20 bits per heavy atom. The molecule has 0 aliphatic carbocycles. The van der Waals surface area contributed by atoms with Crippen LogP contribution in [-0.2, 0) is 6.42 Å². The number of nitrogens with zero attached hydrogens (tertiary/aromatic N) is 3. The number of hydrogen-bond donors (Lipinski definition) is 1. The number of aromatic nitrogens is 3. The molecule has 1 amide bonds. The van der Waals surface area contributed by atoms with Crippen molar-refractivity contribution in [3.63, 3.8) is 0 Å². The summed E-state index contributed by atoms with van der Waals surface area (Å²) < 4.78 is 21.2. The number of rotatable bonds is 6. The van der Waals surface area contributed by atoms with Gasteiger partial charge in [-0.1, -0.05) is 35.0 Å². The lowest BCUT2D eigenvalue weighted by Crippen LogP contribution is -2.26. The van der Waals surface area contributed by atoms with Crippen molar-refractivity contribution in [2.24, 2.45) is 0 Å². The number of hydrogen-bond acceptors (Lipinski definition) is 4. The molecular formula is C22H18ClFN4O2. The van der Waals surface area contributed by atoms with Crippen LogP contribution < -0.4 is 5.32 Å². The molecule has 152 valence electrons. The quantitative estimate of drug-likeness (QED) is 0.491. The molecule has 0 saturated heterocycles. The number of carbonyl (C=O) groups excluding carboxylic acids is 1. The Morgan fingerprint density at radius 2 is 2.00 bits per heavy atom. The molecule has 1 N–H and O–H groups in total. The molecule has 0 aliphatic rings. The minimum Gasteiger partial charge on any atom is -0.360 e. The van der Waals surface area contributed by atoms with Crippen LogP contribution in [0.25, 0.3) is 16.9 Å². The summed E-state index contributed by atoms with van der Waals surface area (Å²) in [4.78, 5) is 12.8. The minimum absolute atomic E-state index is 0.0513. The highest BCUT2D eigenvalue weighted by atomic mass is 35.5. The number of halogens is 2.